The zero-order valence-corrected chi connectivity index (χ0v) is 23.5. The molecule has 13 heteroatoms. The van der Waals surface area contributed by atoms with Gasteiger partial charge in [-0.05, 0) is 82.2 Å². The zero-order valence-electron chi connectivity index (χ0n) is 21.8. The van der Waals surface area contributed by atoms with Crippen molar-refractivity contribution in [2.24, 2.45) is 5.41 Å². The van der Waals surface area contributed by atoms with Crippen LogP contribution in [0.25, 0.3) is 0 Å². The molecule has 1 aliphatic carbocycles. The molecular formula is C25H35N5O6S2. The number of nitrogens with one attached hydrogen (secondary N) is 3. The maximum atomic E-state index is 13.2. The number of benzene rings is 1. The number of aliphatic hydroxyl groups is 1. The van der Waals surface area contributed by atoms with E-state index in [0.29, 0.717) is 16.9 Å². The number of anilines is 3. The second-order valence-corrected chi connectivity index (χ2v) is 14.6. The molecule has 1 spiro atoms. The van der Waals surface area contributed by atoms with Crippen LogP contribution in [0.15, 0.2) is 41.3 Å². The number of carbonyl (C=O) groups is 1. The van der Waals surface area contributed by atoms with E-state index >= 15 is 0 Å². The molecule has 4 rings (SSSR count). The van der Waals surface area contributed by atoms with E-state index in [1.807, 2.05) is 4.90 Å². The summed E-state index contributed by atoms with van der Waals surface area (Å²) in [6.07, 6.45) is 4.40. The van der Waals surface area contributed by atoms with Gasteiger partial charge in [0.25, 0.3) is 5.91 Å². The van der Waals surface area contributed by atoms with Crippen LogP contribution < -0.4 is 19.7 Å². The molecule has 0 radical (unpaired) electrons. The molecule has 2 aliphatic rings. The maximum absolute atomic E-state index is 13.2. The van der Waals surface area contributed by atoms with Crippen molar-refractivity contribution in [2.75, 3.05) is 40.4 Å². The Labute approximate surface area is 224 Å². The summed E-state index contributed by atoms with van der Waals surface area (Å²) in [5.74, 6) is -0.473. The van der Waals surface area contributed by atoms with Crippen LogP contribution in [0.3, 0.4) is 0 Å². The number of carbonyl (C=O) groups excluding carboxylic acids is 1. The number of nitrogens with zero attached hydrogens (tertiary/aromatic N) is 2. The Balaban J connectivity index is 1.60. The molecule has 4 N–H and O–H groups in total. The SMILES string of the molecule is CC(C)(C)NS(=O)(=O)c1cccc(C(=O)Nc2ccc(NS(=O)(=O)CCO)nc2N2CCC3(CC2)CC3)c1. The molecule has 208 valence electrons. The molecule has 1 saturated carbocycles. The highest BCUT2D eigenvalue weighted by Crippen LogP contribution is 2.54. The highest BCUT2D eigenvalue weighted by Gasteiger charge is 2.44. The molecule has 2 aromatic rings. The molecule has 1 aromatic carbocycles. The first kappa shape index (κ1) is 28.3. The van der Waals surface area contributed by atoms with Crippen LogP contribution in [0.4, 0.5) is 17.3 Å². The topological polar surface area (TPSA) is 158 Å². The van der Waals surface area contributed by atoms with Gasteiger partial charge >= 0.3 is 0 Å². The van der Waals surface area contributed by atoms with Crippen LogP contribution in [0, 0.1) is 5.41 Å². The highest BCUT2D eigenvalue weighted by molar-refractivity contribution is 7.92. The standard InChI is InChI=1S/C25H35N5O6S2/c1-24(2,3)29-38(35,36)19-6-4-5-18(17-19)23(32)26-20-7-8-21(28-37(33,34)16-15-31)27-22(20)30-13-11-25(9-10-25)12-14-30/h4-8,17,29,31H,9-16H2,1-3H3,(H,26,32)(H,27,28). The minimum atomic E-state index is -3.84. The second kappa shape index (κ2) is 10.4. The quantitative estimate of drug-likeness (QED) is 0.361. The van der Waals surface area contributed by atoms with Gasteiger partial charge in [0.2, 0.25) is 20.0 Å². The molecular weight excluding hydrogens is 530 g/mol. The van der Waals surface area contributed by atoms with Crippen LogP contribution in [0.1, 0.15) is 56.8 Å². The Morgan fingerprint density at radius 2 is 1.74 bits per heavy atom. The number of aliphatic hydroxyl groups excluding tert-OH is 1. The van der Waals surface area contributed by atoms with Gasteiger partial charge in [0.05, 0.1) is 22.9 Å². The van der Waals surface area contributed by atoms with E-state index in [4.69, 9.17) is 5.11 Å². The zero-order chi connectivity index (χ0) is 27.8. The van der Waals surface area contributed by atoms with E-state index in [1.165, 1.54) is 43.2 Å². The number of amides is 1. The van der Waals surface area contributed by atoms with E-state index in [2.05, 4.69) is 19.7 Å². The van der Waals surface area contributed by atoms with Crippen molar-refractivity contribution in [3.8, 4) is 0 Å². The maximum Gasteiger partial charge on any atom is 0.255 e. The molecule has 1 aliphatic heterocycles. The number of hydrogen-bond acceptors (Lipinski definition) is 8. The number of hydrogen-bond donors (Lipinski definition) is 4. The van der Waals surface area contributed by atoms with Gasteiger partial charge in [0.15, 0.2) is 5.82 Å². The fraction of sp³-hybridized carbons (Fsp3) is 0.520. The average molecular weight is 566 g/mol. The number of piperidine rings is 1. The Kier molecular flexibility index (Phi) is 7.77. The average Bonchev–Trinajstić information content (AvgIpc) is 3.57. The van der Waals surface area contributed by atoms with E-state index in [0.717, 1.165) is 25.9 Å². The third-order valence-electron chi connectivity index (χ3n) is 6.67. The number of sulfonamides is 2. The van der Waals surface area contributed by atoms with Gasteiger partial charge in [-0.15, -0.1) is 0 Å². The molecule has 38 heavy (non-hydrogen) atoms. The van der Waals surface area contributed by atoms with Crippen molar-refractivity contribution in [3.63, 3.8) is 0 Å². The Hall–Kier alpha value is -2.74. The van der Waals surface area contributed by atoms with E-state index < -0.39 is 43.9 Å². The van der Waals surface area contributed by atoms with Crippen molar-refractivity contribution < 1.29 is 26.7 Å². The summed E-state index contributed by atoms with van der Waals surface area (Å²) >= 11 is 0. The summed E-state index contributed by atoms with van der Waals surface area (Å²) < 4.78 is 54.8. The molecule has 11 nitrogen and oxygen atoms in total. The number of aromatic nitrogens is 1. The molecule has 0 atom stereocenters. The van der Waals surface area contributed by atoms with Gasteiger partial charge in [-0.25, -0.2) is 26.5 Å². The summed E-state index contributed by atoms with van der Waals surface area (Å²) in [5.41, 5.74) is 0.239. The highest BCUT2D eigenvalue weighted by atomic mass is 32.2. The molecule has 1 aromatic heterocycles. The molecule has 1 saturated heterocycles. The second-order valence-electron chi connectivity index (χ2n) is 11.0. The minimum absolute atomic E-state index is 0.0298. The van der Waals surface area contributed by atoms with Crippen molar-refractivity contribution >= 4 is 43.3 Å². The lowest BCUT2D eigenvalue weighted by molar-refractivity contribution is 0.102. The lowest BCUT2D eigenvalue weighted by atomic mass is 9.94. The van der Waals surface area contributed by atoms with Gasteiger partial charge in [-0.2, -0.15) is 0 Å². The summed E-state index contributed by atoms with van der Waals surface area (Å²) in [6.45, 7) is 6.10. The molecule has 0 bridgehead atoms. The Bertz CT molecular complexity index is 1410. The van der Waals surface area contributed by atoms with Crippen LogP contribution in [0.5, 0.6) is 0 Å². The van der Waals surface area contributed by atoms with Gasteiger partial charge < -0.3 is 15.3 Å². The Morgan fingerprint density at radius 3 is 2.34 bits per heavy atom. The smallest absolute Gasteiger partial charge is 0.255 e. The number of rotatable bonds is 9. The monoisotopic (exact) mass is 565 g/mol. The van der Waals surface area contributed by atoms with Gasteiger partial charge in [0.1, 0.15) is 5.82 Å². The first-order valence-corrected chi connectivity index (χ1v) is 15.7. The number of pyridine rings is 1. The summed E-state index contributed by atoms with van der Waals surface area (Å²) in [4.78, 5) is 19.7. The van der Waals surface area contributed by atoms with Gasteiger partial charge in [-0.3, -0.25) is 9.52 Å². The molecule has 2 heterocycles. The fourth-order valence-electron chi connectivity index (χ4n) is 4.51. The van der Waals surface area contributed by atoms with Gasteiger partial charge in [-0.1, -0.05) is 6.07 Å². The first-order chi connectivity index (χ1) is 17.7. The molecule has 0 unspecified atom stereocenters. The van der Waals surface area contributed by atoms with Crippen LogP contribution in [-0.2, 0) is 20.0 Å². The first-order valence-electron chi connectivity index (χ1n) is 12.5. The lowest BCUT2D eigenvalue weighted by Crippen LogP contribution is -2.40. The van der Waals surface area contributed by atoms with Crippen molar-refractivity contribution in [2.45, 2.75) is 56.9 Å². The molecule has 2 fully saturated rings. The largest absolute Gasteiger partial charge is 0.395 e. The van der Waals surface area contributed by atoms with Gasteiger partial charge in [0, 0.05) is 24.2 Å². The summed E-state index contributed by atoms with van der Waals surface area (Å²) in [7, 11) is -7.62. The van der Waals surface area contributed by atoms with Crippen molar-refractivity contribution in [1.29, 1.82) is 0 Å². The lowest BCUT2D eigenvalue weighted by Gasteiger charge is -2.34. The third kappa shape index (κ3) is 7.01. The van der Waals surface area contributed by atoms with Crippen molar-refractivity contribution in [1.82, 2.24) is 9.71 Å². The minimum Gasteiger partial charge on any atom is -0.395 e. The van der Waals surface area contributed by atoms with Crippen LogP contribution in [-0.4, -0.2) is 63.8 Å². The summed E-state index contributed by atoms with van der Waals surface area (Å²) in [5, 5.41) is 11.9. The van der Waals surface area contributed by atoms with Crippen LogP contribution >= 0.6 is 0 Å². The predicted octanol–water partition coefficient (Wildman–Crippen LogP) is 2.53. The predicted molar refractivity (Wildman–Crippen MR) is 146 cm³/mol. The molecule has 1 amide bonds. The normalized spacial score (nSPS) is 17.3. The van der Waals surface area contributed by atoms with E-state index in [-0.39, 0.29) is 16.3 Å². The summed E-state index contributed by atoms with van der Waals surface area (Å²) in [6, 6.07) is 8.77. The Morgan fingerprint density at radius 1 is 1.05 bits per heavy atom. The van der Waals surface area contributed by atoms with E-state index in [1.54, 1.807) is 26.8 Å². The fourth-order valence-corrected chi connectivity index (χ4v) is 6.74. The third-order valence-corrected chi connectivity index (χ3v) is 9.67. The van der Waals surface area contributed by atoms with E-state index in [9.17, 15) is 21.6 Å². The van der Waals surface area contributed by atoms with Crippen molar-refractivity contribution in [3.05, 3.63) is 42.0 Å². The van der Waals surface area contributed by atoms with Crippen LogP contribution in [0.2, 0.25) is 0 Å².